The highest BCUT2D eigenvalue weighted by Gasteiger charge is 2.11. The Labute approximate surface area is 116 Å². The topological polar surface area (TPSA) is 77.0 Å². The van der Waals surface area contributed by atoms with Gasteiger partial charge in [-0.05, 0) is 25.1 Å². The molecule has 2 heterocycles. The average molecular weight is 268 g/mol. The summed E-state index contributed by atoms with van der Waals surface area (Å²) in [5.41, 5.74) is 6.53. The van der Waals surface area contributed by atoms with Gasteiger partial charge in [0.15, 0.2) is 0 Å². The second-order valence-electron chi connectivity index (χ2n) is 4.69. The van der Waals surface area contributed by atoms with Gasteiger partial charge in [0.05, 0.1) is 12.6 Å². The number of aromatic nitrogens is 2. The van der Waals surface area contributed by atoms with E-state index in [1.807, 2.05) is 37.3 Å². The summed E-state index contributed by atoms with van der Waals surface area (Å²) in [4.78, 5) is 8.32. The molecule has 0 amide bonds. The fraction of sp³-hybridized carbons (Fsp3) is 0.200. The van der Waals surface area contributed by atoms with Crippen LogP contribution in [0.4, 0.5) is 5.82 Å². The molecular formula is C15H16N4O. The third-order valence-electron chi connectivity index (χ3n) is 3.16. The average Bonchev–Trinajstić information content (AvgIpc) is 2.89. The van der Waals surface area contributed by atoms with Gasteiger partial charge in [0.1, 0.15) is 23.0 Å². The number of para-hydroxylation sites is 1. The molecule has 3 aromatic rings. The highest BCUT2D eigenvalue weighted by Crippen LogP contribution is 2.23. The SMILES string of the molecule is C[C@H](NCc1nccc(N)n1)c1cc2ccccc2o1. The molecule has 5 heteroatoms. The van der Waals surface area contributed by atoms with Crippen LogP contribution in [0, 0.1) is 0 Å². The summed E-state index contributed by atoms with van der Waals surface area (Å²) in [6.07, 6.45) is 1.66. The van der Waals surface area contributed by atoms with Crippen molar-refractivity contribution in [2.75, 3.05) is 5.73 Å². The number of benzene rings is 1. The maximum atomic E-state index is 5.81. The van der Waals surface area contributed by atoms with Gasteiger partial charge >= 0.3 is 0 Å². The van der Waals surface area contributed by atoms with Gasteiger partial charge in [-0.2, -0.15) is 0 Å². The summed E-state index contributed by atoms with van der Waals surface area (Å²) in [6.45, 7) is 2.59. The molecule has 1 atom stereocenters. The normalized spacial score (nSPS) is 12.7. The Morgan fingerprint density at radius 1 is 1.30 bits per heavy atom. The van der Waals surface area contributed by atoms with Crippen LogP contribution in [0.2, 0.25) is 0 Å². The molecule has 20 heavy (non-hydrogen) atoms. The number of nitrogens with zero attached hydrogens (tertiary/aromatic N) is 2. The van der Waals surface area contributed by atoms with E-state index < -0.39 is 0 Å². The second-order valence-corrected chi connectivity index (χ2v) is 4.69. The van der Waals surface area contributed by atoms with E-state index in [2.05, 4.69) is 15.3 Å². The van der Waals surface area contributed by atoms with Crippen LogP contribution in [-0.4, -0.2) is 9.97 Å². The minimum Gasteiger partial charge on any atom is -0.459 e. The Morgan fingerprint density at radius 2 is 2.15 bits per heavy atom. The predicted octanol–water partition coefficient (Wildman–Crippen LogP) is 2.66. The van der Waals surface area contributed by atoms with Gasteiger partial charge in [0, 0.05) is 11.6 Å². The lowest BCUT2D eigenvalue weighted by Crippen LogP contribution is -2.19. The molecular weight excluding hydrogens is 252 g/mol. The molecule has 0 spiro atoms. The summed E-state index contributed by atoms with van der Waals surface area (Å²) in [5.74, 6) is 2.05. The molecule has 102 valence electrons. The van der Waals surface area contributed by atoms with Gasteiger partial charge in [-0.15, -0.1) is 0 Å². The molecule has 0 bridgehead atoms. The largest absolute Gasteiger partial charge is 0.459 e. The van der Waals surface area contributed by atoms with E-state index in [9.17, 15) is 0 Å². The highest BCUT2D eigenvalue weighted by atomic mass is 16.3. The lowest BCUT2D eigenvalue weighted by atomic mass is 10.2. The minimum atomic E-state index is 0.0763. The summed E-state index contributed by atoms with van der Waals surface area (Å²) in [6, 6.07) is 11.8. The van der Waals surface area contributed by atoms with Crippen LogP contribution in [0.25, 0.3) is 11.0 Å². The molecule has 0 saturated heterocycles. The molecule has 0 aliphatic heterocycles. The zero-order chi connectivity index (χ0) is 13.9. The van der Waals surface area contributed by atoms with Crippen molar-refractivity contribution in [1.29, 1.82) is 0 Å². The smallest absolute Gasteiger partial charge is 0.144 e. The van der Waals surface area contributed by atoms with Crippen molar-refractivity contribution in [3.8, 4) is 0 Å². The van der Waals surface area contributed by atoms with E-state index in [-0.39, 0.29) is 6.04 Å². The van der Waals surface area contributed by atoms with Crippen LogP contribution in [0.1, 0.15) is 24.6 Å². The maximum Gasteiger partial charge on any atom is 0.144 e. The summed E-state index contributed by atoms with van der Waals surface area (Å²) in [5, 5.41) is 4.44. The number of nitrogens with two attached hydrogens (primary N) is 1. The lowest BCUT2D eigenvalue weighted by Gasteiger charge is -2.10. The molecule has 1 aromatic carbocycles. The summed E-state index contributed by atoms with van der Waals surface area (Å²) < 4.78 is 5.81. The van der Waals surface area contributed by atoms with Gasteiger partial charge < -0.3 is 15.5 Å². The molecule has 3 rings (SSSR count). The monoisotopic (exact) mass is 268 g/mol. The van der Waals surface area contributed by atoms with E-state index in [1.54, 1.807) is 12.3 Å². The number of furan rings is 1. The molecule has 2 aromatic heterocycles. The molecule has 5 nitrogen and oxygen atoms in total. The third-order valence-corrected chi connectivity index (χ3v) is 3.16. The number of hydrogen-bond acceptors (Lipinski definition) is 5. The summed E-state index contributed by atoms with van der Waals surface area (Å²) >= 11 is 0. The number of nitrogens with one attached hydrogen (secondary N) is 1. The molecule has 0 radical (unpaired) electrons. The number of rotatable bonds is 4. The molecule has 0 aliphatic rings. The van der Waals surface area contributed by atoms with Crippen molar-refractivity contribution < 1.29 is 4.42 Å². The molecule has 0 unspecified atom stereocenters. The lowest BCUT2D eigenvalue weighted by molar-refractivity contribution is 0.446. The minimum absolute atomic E-state index is 0.0763. The fourth-order valence-corrected chi connectivity index (χ4v) is 2.06. The Morgan fingerprint density at radius 3 is 2.95 bits per heavy atom. The first-order valence-electron chi connectivity index (χ1n) is 6.51. The maximum absolute atomic E-state index is 5.81. The van der Waals surface area contributed by atoms with Crippen LogP contribution in [0.15, 0.2) is 47.0 Å². The van der Waals surface area contributed by atoms with Crippen LogP contribution in [0.5, 0.6) is 0 Å². The van der Waals surface area contributed by atoms with Gasteiger partial charge in [0.25, 0.3) is 0 Å². The van der Waals surface area contributed by atoms with Gasteiger partial charge in [0.2, 0.25) is 0 Å². The zero-order valence-electron chi connectivity index (χ0n) is 11.2. The number of nitrogen functional groups attached to an aromatic ring is 1. The van der Waals surface area contributed by atoms with Crippen LogP contribution >= 0.6 is 0 Å². The van der Waals surface area contributed by atoms with Crippen molar-refractivity contribution >= 4 is 16.8 Å². The Balaban J connectivity index is 1.71. The van der Waals surface area contributed by atoms with Crippen molar-refractivity contribution in [3.05, 3.63) is 54.2 Å². The zero-order valence-corrected chi connectivity index (χ0v) is 11.2. The third kappa shape index (κ3) is 2.62. The number of hydrogen-bond donors (Lipinski definition) is 2. The van der Waals surface area contributed by atoms with Crippen molar-refractivity contribution in [2.24, 2.45) is 0 Å². The number of fused-ring (bicyclic) bond motifs is 1. The van der Waals surface area contributed by atoms with E-state index in [0.717, 1.165) is 16.7 Å². The summed E-state index contributed by atoms with van der Waals surface area (Å²) in [7, 11) is 0. The van der Waals surface area contributed by atoms with Crippen LogP contribution in [-0.2, 0) is 6.54 Å². The number of anilines is 1. The highest BCUT2D eigenvalue weighted by molar-refractivity contribution is 5.77. The van der Waals surface area contributed by atoms with Crippen LogP contribution in [0.3, 0.4) is 0 Å². The Bertz CT molecular complexity index is 689. The first-order chi connectivity index (χ1) is 9.72. The molecule has 0 saturated carbocycles. The van der Waals surface area contributed by atoms with E-state index >= 15 is 0 Å². The molecule has 0 fully saturated rings. The molecule has 3 N–H and O–H groups in total. The predicted molar refractivity (Wildman–Crippen MR) is 77.9 cm³/mol. The van der Waals surface area contributed by atoms with Gasteiger partial charge in [-0.3, -0.25) is 0 Å². The van der Waals surface area contributed by atoms with Crippen LogP contribution < -0.4 is 11.1 Å². The standard InChI is InChI=1S/C15H16N4O/c1-10(18-9-15-17-7-6-14(16)19-15)13-8-11-4-2-3-5-12(11)20-13/h2-8,10,18H,9H2,1H3,(H2,16,17,19)/t10-/m0/s1. The van der Waals surface area contributed by atoms with Crippen molar-refractivity contribution in [1.82, 2.24) is 15.3 Å². The first kappa shape index (κ1) is 12.6. The van der Waals surface area contributed by atoms with E-state index in [1.165, 1.54) is 0 Å². The quantitative estimate of drug-likeness (QED) is 0.760. The molecule has 0 aliphatic carbocycles. The Kier molecular flexibility index (Phi) is 3.35. The van der Waals surface area contributed by atoms with Crippen molar-refractivity contribution in [3.63, 3.8) is 0 Å². The van der Waals surface area contributed by atoms with E-state index in [4.69, 9.17) is 10.2 Å². The van der Waals surface area contributed by atoms with E-state index in [0.29, 0.717) is 18.2 Å². The second kappa shape index (κ2) is 5.30. The van der Waals surface area contributed by atoms with Gasteiger partial charge in [-0.25, -0.2) is 9.97 Å². The van der Waals surface area contributed by atoms with Crippen molar-refractivity contribution in [2.45, 2.75) is 19.5 Å². The van der Waals surface area contributed by atoms with Gasteiger partial charge in [-0.1, -0.05) is 18.2 Å². The first-order valence-corrected chi connectivity index (χ1v) is 6.51. The fourth-order valence-electron chi connectivity index (χ4n) is 2.06. The Hall–Kier alpha value is -2.40.